The molecule has 0 bridgehead atoms. The van der Waals surface area contributed by atoms with Crippen LogP contribution in [0.3, 0.4) is 0 Å². The van der Waals surface area contributed by atoms with Gasteiger partial charge < -0.3 is 0 Å². The number of fused-ring (bicyclic) bond motifs is 7. The molecule has 0 fully saturated rings. The Morgan fingerprint density at radius 1 is 0.571 bits per heavy atom. The van der Waals surface area contributed by atoms with Crippen molar-refractivity contribution in [3.8, 4) is 37.8 Å². The molecule has 0 amide bonds. The molecule has 6 aromatic rings. The van der Waals surface area contributed by atoms with Crippen LogP contribution in [-0.2, 0) is 0 Å². The van der Waals surface area contributed by atoms with Crippen molar-refractivity contribution in [2.75, 3.05) is 0 Å². The van der Waals surface area contributed by atoms with Crippen molar-refractivity contribution >= 4 is 92.3 Å². The van der Waals surface area contributed by atoms with Gasteiger partial charge in [0, 0.05) is 0 Å². The summed E-state index contributed by atoms with van der Waals surface area (Å²) in [5, 5.41) is 0. The van der Waals surface area contributed by atoms with Crippen molar-refractivity contribution in [2.45, 2.75) is 13.8 Å². The van der Waals surface area contributed by atoms with Crippen LogP contribution in [0.15, 0.2) is 36.4 Å². The Hall–Kier alpha value is -1.62. The van der Waals surface area contributed by atoms with Crippen LogP contribution in [-0.4, -0.2) is 78.3 Å². The Morgan fingerprint density at radius 2 is 0.971 bits per heavy atom. The summed E-state index contributed by atoms with van der Waals surface area (Å²) in [5.41, 5.74) is 7.75. The molecular formula is C26H12N2O2SSe4. The van der Waals surface area contributed by atoms with Gasteiger partial charge in [0.2, 0.25) is 0 Å². The maximum atomic E-state index is 13.0. The molecule has 0 aliphatic heterocycles. The predicted octanol–water partition coefficient (Wildman–Crippen LogP) is 4.29. The molecule has 9 heteroatoms. The van der Waals surface area contributed by atoms with Crippen LogP contribution in [0.1, 0.15) is 40.7 Å². The summed E-state index contributed by atoms with van der Waals surface area (Å²) in [6.45, 7) is 4.26. The van der Waals surface area contributed by atoms with Gasteiger partial charge in [0.25, 0.3) is 0 Å². The Balaban J connectivity index is 1.26. The fraction of sp³-hybridized carbons (Fsp3) is 0.0769. The number of carbonyl (C=O) groups excluding carboxylic acids is 2. The second-order valence-corrected chi connectivity index (χ2v) is 18.9. The number of rotatable bonds is 2. The number of carbonyl (C=O) groups is 2. The second-order valence-electron chi connectivity index (χ2n) is 8.69. The number of aryl methyl sites for hydroxylation is 2. The SMILES string of the molecule is Cc1cc2c([se]1)-c1[se]c(-c3ccc(-c4cc5c([se]4)-c4[se]c(C)cc4C5=O)c4nsnc34)cc1C2=O. The summed E-state index contributed by atoms with van der Waals surface area (Å²) in [5.74, 6) is 0.400. The summed E-state index contributed by atoms with van der Waals surface area (Å²) in [4.78, 5) is 26.0. The molecule has 1 aromatic carbocycles. The Labute approximate surface area is 228 Å². The molecule has 2 aliphatic rings. The second kappa shape index (κ2) is 7.46. The molecule has 2 aliphatic carbocycles. The normalized spacial score (nSPS) is 13.5. The molecule has 0 atom stereocenters. The van der Waals surface area contributed by atoms with Crippen LogP contribution >= 0.6 is 11.7 Å². The third-order valence-corrected chi connectivity index (χ3v) is 17.8. The van der Waals surface area contributed by atoms with E-state index in [9.17, 15) is 9.59 Å². The van der Waals surface area contributed by atoms with E-state index in [1.54, 1.807) is 0 Å². The van der Waals surface area contributed by atoms with Crippen LogP contribution in [0, 0.1) is 13.8 Å². The van der Waals surface area contributed by atoms with Crippen molar-refractivity contribution in [3.63, 3.8) is 0 Å². The van der Waals surface area contributed by atoms with Crippen LogP contribution in [0.4, 0.5) is 0 Å². The molecule has 0 radical (unpaired) electrons. The number of hydrogen-bond acceptors (Lipinski definition) is 5. The number of aromatic nitrogens is 2. The third-order valence-electron chi connectivity index (χ3n) is 6.51. The van der Waals surface area contributed by atoms with Crippen LogP contribution in [0.5, 0.6) is 0 Å². The molecular weight excluding hydrogens is 720 g/mol. The molecule has 168 valence electrons. The van der Waals surface area contributed by atoms with Gasteiger partial charge in [0.05, 0.1) is 0 Å². The van der Waals surface area contributed by atoms with Crippen LogP contribution in [0.2, 0.25) is 0 Å². The van der Waals surface area contributed by atoms with E-state index in [-0.39, 0.29) is 69.6 Å². The first-order chi connectivity index (χ1) is 17.0. The van der Waals surface area contributed by atoms with Gasteiger partial charge in [-0.3, -0.25) is 0 Å². The number of benzene rings is 1. The topological polar surface area (TPSA) is 59.9 Å². The first-order valence-electron chi connectivity index (χ1n) is 10.8. The zero-order chi connectivity index (χ0) is 23.6. The number of ketones is 2. The van der Waals surface area contributed by atoms with Gasteiger partial charge in [-0.25, -0.2) is 0 Å². The predicted molar refractivity (Wildman–Crippen MR) is 143 cm³/mol. The Bertz CT molecular complexity index is 1790. The van der Waals surface area contributed by atoms with Crippen molar-refractivity contribution in [2.24, 2.45) is 0 Å². The summed E-state index contributed by atoms with van der Waals surface area (Å²) in [7, 11) is 0. The summed E-state index contributed by atoms with van der Waals surface area (Å²) >= 11 is 2.00. The van der Waals surface area contributed by atoms with E-state index in [2.05, 4.69) is 50.2 Å². The van der Waals surface area contributed by atoms with E-state index in [1.807, 2.05) is 0 Å². The fourth-order valence-electron chi connectivity index (χ4n) is 4.98. The molecule has 35 heavy (non-hydrogen) atoms. The van der Waals surface area contributed by atoms with E-state index in [0.29, 0.717) is 0 Å². The van der Waals surface area contributed by atoms with Gasteiger partial charge in [-0.1, -0.05) is 0 Å². The maximum absolute atomic E-state index is 13.0. The minimum absolute atomic E-state index is 0.102. The number of nitrogens with zero attached hydrogens (tertiary/aromatic N) is 2. The Kier molecular flexibility index (Phi) is 4.57. The van der Waals surface area contributed by atoms with Crippen LogP contribution < -0.4 is 0 Å². The molecule has 5 heterocycles. The van der Waals surface area contributed by atoms with Crippen molar-refractivity contribution in [3.05, 3.63) is 67.5 Å². The van der Waals surface area contributed by atoms with Crippen molar-refractivity contribution < 1.29 is 9.59 Å². The van der Waals surface area contributed by atoms with Gasteiger partial charge in [0.1, 0.15) is 0 Å². The quantitative estimate of drug-likeness (QED) is 0.249. The minimum atomic E-state index is 0.102. The van der Waals surface area contributed by atoms with Crippen molar-refractivity contribution in [1.82, 2.24) is 8.75 Å². The fourth-order valence-corrected chi connectivity index (χ4v) is 16.2. The summed E-state index contributed by atoms with van der Waals surface area (Å²) in [6, 6.07) is 12.7. The van der Waals surface area contributed by atoms with E-state index >= 15 is 0 Å². The van der Waals surface area contributed by atoms with Gasteiger partial charge in [0.15, 0.2) is 0 Å². The zero-order valence-electron chi connectivity index (χ0n) is 18.2. The standard InChI is InChI=1S/C26H12N2O2SSe4/c1-9-5-13-21(29)15-7-17(34-25(15)23(13)32-9)11-3-4-12(20-19(11)27-31-28-20)18-8-16-22(30)14-6-10(2)33-24(14)26(16)35-18/h3-8H,1-2H3. The molecule has 8 rings (SSSR count). The van der Waals surface area contributed by atoms with Gasteiger partial charge >= 0.3 is 230 Å². The van der Waals surface area contributed by atoms with Gasteiger partial charge in [-0.15, -0.1) is 0 Å². The van der Waals surface area contributed by atoms with E-state index in [0.717, 1.165) is 44.4 Å². The zero-order valence-corrected chi connectivity index (χ0v) is 25.9. The summed E-state index contributed by atoms with van der Waals surface area (Å²) in [6.07, 6.45) is 0. The average molecular weight is 732 g/mol. The van der Waals surface area contributed by atoms with Gasteiger partial charge in [-0.05, 0) is 0 Å². The van der Waals surface area contributed by atoms with Crippen LogP contribution in [0.25, 0.3) is 48.8 Å². The Morgan fingerprint density at radius 3 is 1.43 bits per heavy atom. The van der Waals surface area contributed by atoms with Crippen molar-refractivity contribution in [1.29, 1.82) is 0 Å². The first kappa shape index (κ1) is 21.5. The monoisotopic (exact) mass is 736 g/mol. The summed E-state index contributed by atoms with van der Waals surface area (Å²) < 4.78 is 19.7. The molecule has 0 unspecified atom stereocenters. The average Bonchev–Trinajstić information content (AvgIpc) is 3.66. The molecule has 5 aromatic heterocycles. The molecule has 0 saturated heterocycles. The van der Waals surface area contributed by atoms with E-state index in [1.165, 1.54) is 47.2 Å². The van der Waals surface area contributed by atoms with Gasteiger partial charge in [-0.2, -0.15) is 0 Å². The molecule has 4 nitrogen and oxygen atoms in total. The molecule has 0 N–H and O–H groups in total. The van der Waals surface area contributed by atoms with E-state index in [4.69, 9.17) is 8.75 Å². The molecule has 0 saturated carbocycles. The first-order valence-corrected chi connectivity index (χ1v) is 18.4. The van der Waals surface area contributed by atoms with E-state index < -0.39 is 0 Å². The molecule has 0 spiro atoms. The third kappa shape index (κ3) is 2.91. The number of hydrogen-bond donors (Lipinski definition) is 0.